The molecule has 0 aromatic carbocycles. The molecule has 1 amide bonds. The number of ether oxygens (including phenoxy) is 2. The van der Waals surface area contributed by atoms with E-state index in [1.165, 1.54) is 0 Å². The molecule has 6 heteroatoms. The topological polar surface area (TPSA) is 67.8 Å². The highest BCUT2D eigenvalue weighted by molar-refractivity contribution is 14.1. The molecular formula is C10H16INO4. The Morgan fingerprint density at radius 1 is 1.44 bits per heavy atom. The van der Waals surface area contributed by atoms with E-state index in [1.54, 1.807) is 36.1 Å². The second-order valence-corrected chi connectivity index (χ2v) is 4.20. The van der Waals surface area contributed by atoms with Crippen molar-refractivity contribution in [2.45, 2.75) is 37.6 Å². The van der Waals surface area contributed by atoms with Crippen LogP contribution in [0.15, 0.2) is 12.2 Å². The van der Waals surface area contributed by atoms with Crippen molar-refractivity contribution in [1.29, 1.82) is 0 Å². The highest BCUT2D eigenvalue weighted by Gasteiger charge is 2.20. The third kappa shape index (κ3) is 4.67. The van der Waals surface area contributed by atoms with Crippen molar-refractivity contribution in [3.8, 4) is 0 Å². The molecule has 0 bridgehead atoms. The minimum atomic E-state index is -0.503. The summed E-state index contributed by atoms with van der Waals surface area (Å²) in [6, 6.07) is 0. The van der Waals surface area contributed by atoms with Crippen molar-refractivity contribution in [3.05, 3.63) is 12.2 Å². The lowest BCUT2D eigenvalue weighted by Gasteiger charge is -2.22. The van der Waals surface area contributed by atoms with Gasteiger partial charge in [0.25, 0.3) is 0 Å². The first-order chi connectivity index (χ1) is 7.65. The van der Waals surface area contributed by atoms with Crippen molar-refractivity contribution >= 4 is 29.0 Å². The minimum Gasteiger partial charge on any atom is -0.441 e. The van der Waals surface area contributed by atoms with E-state index in [4.69, 9.17) is 9.47 Å². The number of carbonyl (C=O) groups excluding carboxylic acids is 1. The van der Waals surface area contributed by atoms with E-state index < -0.39 is 18.3 Å². The third-order valence-electron chi connectivity index (χ3n) is 2.47. The molecule has 0 fully saturated rings. The maximum atomic E-state index is 11.0. The van der Waals surface area contributed by atoms with Gasteiger partial charge in [0.1, 0.15) is 6.10 Å². The van der Waals surface area contributed by atoms with Gasteiger partial charge >= 0.3 is 6.09 Å². The highest BCUT2D eigenvalue weighted by Crippen LogP contribution is 2.17. The molecule has 1 aliphatic rings. The van der Waals surface area contributed by atoms with Crippen LogP contribution < -0.4 is 3.53 Å². The van der Waals surface area contributed by atoms with E-state index in [2.05, 4.69) is 3.53 Å². The van der Waals surface area contributed by atoms with Crippen LogP contribution in [0, 0.1) is 0 Å². The number of carbonyl (C=O) groups is 1. The van der Waals surface area contributed by atoms with Crippen LogP contribution in [-0.2, 0) is 9.47 Å². The van der Waals surface area contributed by atoms with Gasteiger partial charge in [-0.1, -0.05) is 6.08 Å². The lowest BCUT2D eigenvalue weighted by atomic mass is 10.00. The summed E-state index contributed by atoms with van der Waals surface area (Å²) in [6.45, 7) is 0. The molecule has 5 nitrogen and oxygen atoms in total. The molecule has 16 heavy (non-hydrogen) atoms. The fourth-order valence-electron chi connectivity index (χ4n) is 1.61. The molecule has 0 saturated heterocycles. The van der Waals surface area contributed by atoms with Crippen molar-refractivity contribution < 1.29 is 19.4 Å². The van der Waals surface area contributed by atoms with Gasteiger partial charge in [0.05, 0.1) is 35.1 Å². The van der Waals surface area contributed by atoms with Gasteiger partial charge in [0, 0.05) is 13.5 Å². The zero-order valence-corrected chi connectivity index (χ0v) is 11.2. The first-order valence-corrected chi connectivity index (χ1v) is 6.20. The Morgan fingerprint density at radius 3 is 2.75 bits per heavy atom. The van der Waals surface area contributed by atoms with Crippen LogP contribution in [0.4, 0.5) is 4.79 Å². The molecule has 0 saturated carbocycles. The predicted molar refractivity (Wildman–Crippen MR) is 67.2 cm³/mol. The van der Waals surface area contributed by atoms with Crippen LogP contribution in [0.1, 0.15) is 19.3 Å². The van der Waals surface area contributed by atoms with Crippen LogP contribution in [0.3, 0.4) is 0 Å². The fourth-order valence-corrected chi connectivity index (χ4v) is 1.74. The first-order valence-electron chi connectivity index (χ1n) is 5.12. The molecule has 0 radical (unpaired) electrons. The first kappa shape index (κ1) is 13.7. The van der Waals surface area contributed by atoms with Crippen LogP contribution in [0.25, 0.3) is 0 Å². The van der Waals surface area contributed by atoms with E-state index in [9.17, 15) is 9.90 Å². The normalized spacial score (nSPS) is 32.3. The standard InChI is InChI=1S/C10H16INO4/c1-15-8-3-2-7(13)6-9(5-4-8)16-10(14)12-11/h4-5,7-9,13H,2-3,6H2,1H3,(H,12,14)/b5-4+. The molecule has 0 aromatic rings. The number of aliphatic hydroxyl groups excluding tert-OH is 1. The number of hydrogen-bond donors (Lipinski definition) is 2. The maximum absolute atomic E-state index is 11.0. The van der Waals surface area contributed by atoms with Crippen LogP contribution in [-0.4, -0.2) is 36.6 Å². The molecule has 1 rings (SSSR count). The number of amides is 1. The van der Waals surface area contributed by atoms with E-state index >= 15 is 0 Å². The van der Waals surface area contributed by atoms with E-state index in [1.807, 2.05) is 6.08 Å². The monoisotopic (exact) mass is 341 g/mol. The Kier molecular flexibility index (Phi) is 6.07. The number of aliphatic hydroxyl groups is 1. The summed E-state index contributed by atoms with van der Waals surface area (Å²) in [6.07, 6.45) is 4.10. The van der Waals surface area contributed by atoms with Crippen molar-refractivity contribution in [3.63, 3.8) is 0 Å². The molecule has 0 aliphatic heterocycles. The van der Waals surface area contributed by atoms with Gasteiger partial charge in [0.2, 0.25) is 0 Å². The number of rotatable bonds is 2. The van der Waals surface area contributed by atoms with E-state index in [0.717, 1.165) is 6.42 Å². The van der Waals surface area contributed by atoms with Crippen molar-refractivity contribution in [2.75, 3.05) is 7.11 Å². The largest absolute Gasteiger partial charge is 0.441 e. The molecule has 3 atom stereocenters. The molecule has 0 aromatic heterocycles. The van der Waals surface area contributed by atoms with Gasteiger partial charge in [-0.15, -0.1) is 0 Å². The zero-order chi connectivity index (χ0) is 12.0. The summed E-state index contributed by atoms with van der Waals surface area (Å²) in [5.41, 5.74) is 0. The molecule has 1 aliphatic carbocycles. The quantitative estimate of drug-likeness (QED) is 0.454. The third-order valence-corrected chi connectivity index (χ3v) is 2.91. The summed E-state index contributed by atoms with van der Waals surface area (Å²) in [5.74, 6) is 0. The second-order valence-electron chi connectivity index (χ2n) is 3.66. The van der Waals surface area contributed by atoms with Gasteiger partial charge in [-0.05, 0) is 18.9 Å². The Morgan fingerprint density at radius 2 is 2.12 bits per heavy atom. The Hall–Kier alpha value is -0.340. The Labute approximate surface area is 109 Å². The lowest BCUT2D eigenvalue weighted by molar-refractivity contribution is 0.0546. The van der Waals surface area contributed by atoms with Gasteiger partial charge in [0.15, 0.2) is 0 Å². The molecule has 0 spiro atoms. The summed E-state index contributed by atoms with van der Waals surface area (Å²) in [7, 11) is 1.62. The zero-order valence-electron chi connectivity index (χ0n) is 9.06. The summed E-state index contributed by atoms with van der Waals surface area (Å²) in [5, 5.41) is 9.68. The average molecular weight is 341 g/mol. The smallest absolute Gasteiger partial charge is 0.416 e. The summed E-state index contributed by atoms with van der Waals surface area (Å²) < 4.78 is 12.6. The van der Waals surface area contributed by atoms with Crippen LogP contribution in [0.5, 0.6) is 0 Å². The summed E-state index contributed by atoms with van der Waals surface area (Å²) >= 11 is 1.71. The van der Waals surface area contributed by atoms with Gasteiger partial charge < -0.3 is 14.6 Å². The molecular weight excluding hydrogens is 325 g/mol. The lowest BCUT2D eigenvalue weighted by Crippen LogP contribution is -2.28. The number of nitrogens with one attached hydrogen (secondary N) is 1. The Bertz CT molecular complexity index is 259. The predicted octanol–water partition coefficient (Wildman–Crippen LogP) is 1.55. The molecule has 2 N–H and O–H groups in total. The van der Waals surface area contributed by atoms with Gasteiger partial charge in [-0.2, -0.15) is 0 Å². The molecule has 0 heterocycles. The number of methoxy groups -OCH3 is 1. The average Bonchev–Trinajstić information content (AvgIpc) is 2.26. The Balaban J connectivity index is 2.59. The molecule has 92 valence electrons. The van der Waals surface area contributed by atoms with E-state index in [-0.39, 0.29) is 6.10 Å². The second kappa shape index (κ2) is 7.08. The van der Waals surface area contributed by atoms with Crippen molar-refractivity contribution in [1.82, 2.24) is 3.53 Å². The highest BCUT2D eigenvalue weighted by atomic mass is 127. The van der Waals surface area contributed by atoms with Gasteiger partial charge in [-0.3, -0.25) is 3.53 Å². The van der Waals surface area contributed by atoms with Gasteiger partial charge in [-0.25, -0.2) is 4.79 Å². The number of halogens is 1. The van der Waals surface area contributed by atoms with Crippen LogP contribution in [0.2, 0.25) is 0 Å². The van der Waals surface area contributed by atoms with E-state index in [0.29, 0.717) is 12.8 Å². The molecule has 3 unspecified atom stereocenters. The van der Waals surface area contributed by atoms with Crippen LogP contribution >= 0.6 is 22.9 Å². The summed E-state index contributed by atoms with van der Waals surface area (Å²) in [4.78, 5) is 11.0. The SMILES string of the molecule is COC1/C=C/C(OC(=O)NI)CC(O)CC1. The maximum Gasteiger partial charge on any atom is 0.416 e. The van der Waals surface area contributed by atoms with Crippen molar-refractivity contribution in [2.24, 2.45) is 0 Å². The minimum absolute atomic E-state index is 0.0243. The fraction of sp³-hybridized carbons (Fsp3) is 0.700. The number of hydrogen-bond acceptors (Lipinski definition) is 4.